The first-order valence-corrected chi connectivity index (χ1v) is 6.14. The molecule has 0 spiro atoms. The lowest BCUT2D eigenvalue weighted by Gasteiger charge is -1.97. The maximum atomic E-state index is 3.41. The van der Waals surface area contributed by atoms with Gasteiger partial charge in [0.05, 0.1) is 0 Å². The lowest BCUT2D eigenvalue weighted by Crippen LogP contribution is -1.89. The van der Waals surface area contributed by atoms with Crippen LogP contribution in [0.2, 0.25) is 0 Å². The molecule has 15 heavy (non-hydrogen) atoms. The number of hydrogen-bond acceptors (Lipinski definition) is 0. The van der Waals surface area contributed by atoms with E-state index in [-0.39, 0.29) is 0 Å². The van der Waals surface area contributed by atoms with Gasteiger partial charge in [0.2, 0.25) is 0 Å². The highest BCUT2D eigenvalue weighted by atomic mass is 79.9. The molecular formula is C13H14BrN. The standard InChI is InChI=1S/C13H14BrN/c1-10-11(7-5-9-14)12-6-3-4-8-13(12)15(10)2/h3-8H,9H2,1-2H3. The first-order chi connectivity index (χ1) is 7.25. The van der Waals surface area contributed by atoms with E-state index in [0.29, 0.717) is 0 Å². The molecule has 2 heteroatoms. The van der Waals surface area contributed by atoms with Crippen molar-refractivity contribution in [3.8, 4) is 0 Å². The third kappa shape index (κ3) is 1.74. The van der Waals surface area contributed by atoms with E-state index in [2.05, 4.69) is 70.9 Å². The molecular weight excluding hydrogens is 250 g/mol. The number of nitrogens with zero attached hydrogens (tertiary/aromatic N) is 1. The van der Waals surface area contributed by atoms with Gasteiger partial charge < -0.3 is 4.57 Å². The van der Waals surface area contributed by atoms with E-state index in [4.69, 9.17) is 0 Å². The van der Waals surface area contributed by atoms with Crippen LogP contribution < -0.4 is 0 Å². The van der Waals surface area contributed by atoms with Gasteiger partial charge in [-0.1, -0.05) is 46.3 Å². The molecule has 0 saturated carbocycles. The zero-order valence-electron chi connectivity index (χ0n) is 9.00. The van der Waals surface area contributed by atoms with E-state index in [9.17, 15) is 0 Å². The van der Waals surface area contributed by atoms with Gasteiger partial charge in [0.25, 0.3) is 0 Å². The van der Waals surface area contributed by atoms with Crippen LogP contribution in [0.1, 0.15) is 11.3 Å². The van der Waals surface area contributed by atoms with Gasteiger partial charge in [0, 0.05) is 34.5 Å². The number of allylic oxidation sites excluding steroid dienone is 1. The Labute approximate surface area is 98.5 Å². The number of benzene rings is 1. The Morgan fingerprint density at radius 3 is 2.80 bits per heavy atom. The fraction of sp³-hybridized carbons (Fsp3) is 0.231. The van der Waals surface area contributed by atoms with E-state index >= 15 is 0 Å². The van der Waals surface area contributed by atoms with Crippen LogP contribution in [0.15, 0.2) is 30.3 Å². The summed E-state index contributed by atoms with van der Waals surface area (Å²) in [6.45, 7) is 2.16. The SMILES string of the molecule is Cc1c(C=CCBr)c2ccccc2n1C. The highest BCUT2D eigenvalue weighted by molar-refractivity contribution is 9.09. The Bertz CT molecular complexity index is 508. The topological polar surface area (TPSA) is 4.93 Å². The summed E-state index contributed by atoms with van der Waals surface area (Å²) in [5.74, 6) is 0. The van der Waals surface area contributed by atoms with Gasteiger partial charge in [-0.2, -0.15) is 0 Å². The molecule has 1 aromatic heterocycles. The largest absolute Gasteiger partial charge is 0.347 e. The Balaban J connectivity index is 2.72. The second-order valence-electron chi connectivity index (χ2n) is 3.63. The van der Waals surface area contributed by atoms with Crippen LogP contribution in [-0.2, 0) is 7.05 Å². The number of alkyl halides is 1. The van der Waals surface area contributed by atoms with Gasteiger partial charge in [-0.25, -0.2) is 0 Å². The normalized spacial score (nSPS) is 11.7. The van der Waals surface area contributed by atoms with Crippen LogP contribution >= 0.6 is 15.9 Å². The second-order valence-corrected chi connectivity index (χ2v) is 4.28. The summed E-state index contributed by atoms with van der Waals surface area (Å²) >= 11 is 3.41. The van der Waals surface area contributed by atoms with E-state index in [1.54, 1.807) is 0 Å². The lowest BCUT2D eigenvalue weighted by atomic mass is 10.1. The number of hydrogen-bond donors (Lipinski definition) is 0. The Kier molecular flexibility index (Phi) is 2.96. The Morgan fingerprint density at radius 2 is 2.07 bits per heavy atom. The maximum Gasteiger partial charge on any atom is 0.0486 e. The quantitative estimate of drug-likeness (QED) is 0.725. The first kappa shape index (κ1) is 10.5. The monoisotopic (exact) mass is 263 g/mol. The maximum absolute atomic E-state index is 3.41. The number of halogens is 1. The third-order valence-electron chi connectivity index (χ3n) is 2.82. The fourth-order valence-electron chi connectivity index (χ4n) is 1.92. The minimum atomic E-state index is 0.898. The summed E-state index contributed by atoms with van der Waals surface area (Å²) in [7, 11) is 2.11. The predicted octanol–water partition coefficient (Wildman–Crippen LogP) is 3.89. The predicted molar refractivity (Wildman–Crippen MR) is 70.5 cm³/mol. The summed E-state index contributed by atoms with van der Waals surface area (Å²) in [5.41, 5.74) is 3.94. The van der Waals surface area contributed by atoms with Crippen molar-refractivity contribution < 1.29 is 0 Å². The van der Waals surface area contributed by atoms with Crippen LogP contribution in [0.4, 0.5) is 0 Å². The molecule has 0 amide bonds. The number of fused-ring (bicyclic) bond motifs is 1. The van der Waals surface area contributed by atoms with Crippen molar-refractivity contribution >= 4 is 32.9 Å². The summed E-state index contributed by atoms with van der Waals surface area (Å²) in [6, 6.07) is 8.51. The molecule has 1 heterocycles. The van der Waals surface area contributed by atoms with Crippen LogP contribution in [0.5, 0.6) is 0 Å². The molecule has 0 bridgehead atoms. The Morgan fingerprint density at radius 1 is 1.33 bits per heavy atom. The number of para-hydroxylation sites is 1. The van der Waals surface area contributed by atoms with Crippen molar-refractivity contribution in [1.82, 2.24) is 4.57 Å². The summed E-state index contributed by atoms with van der Waals surface area (Å²) in [6.07, 6.45) is 4.32. The number of aryl methyl sites for hydroxylation is 1. The molecule has 0 saturated heterocycles. The first-order valence-electron chi connectivity index (χ1n) is 5.02. The zero-order chi connectivity index (χ0) is 10.8. The molecule has 0 N–H and O–H groups in total. The third-order valence-corrected chi connectivity index (χ3v) is 3.20. The lowest BCUT2D eigenvalue weighted by molar-refractivity contribution is 0.916. The van der Waals surface area contributed by atoms with Gasteiger partial charge >= 0.3 is 0 Å². The Hall–Kier alpha value is -1.02. The van der Waals surface area contributed by atoms with E-state index < -0.39 is 0 Å². The van der Waals surface area contributed by atoms with Gasteiger partial charge in [-0.15, -0.1) is 0 Å². The molecule has 0 aliphatic carbocycles. The van der Waals surface area contributed by atoms with Gasteiger partial charge in [-0.05, 0) is 13.0 Å². The van der Waals surface area contributed by atoms with Crippen LogP contribution in [0.3, 0.4) is 0 Å². The van der Waals surface area contributed by atoms with Crippen molar-refractivity contribution in [2.45, 2.75) is 6.92 Å². The molecule has 0 aliphatic rings. The fourth-order valence-corrected chi connectivity index (χ4v) is 2.11. The smallest absolute Gasteiger partial charge is 0.0486 e. The molecule has 1 nitrogen and oxygen atoms in total. The molecule has 0 radical (unpaired) electrons. The number of rotatable bonds is 2. The highest BCUT2D eigenvalue weighted by Gasteiger charge is 2.07. The van der Waals surface area contributed by atoms with E-state index in [1.807, 2.05) is 0 Å². The van der Waals surface area contributed by atoms with Gasteiger partial charge in [0.1, 0.15) is 0 Å². The average molecular weight is 264 g/mol. The summed E-state index contributed by atoms with van der Waals surface area (Å²) in [5, 5.41) is 2.23. The average Bonchev–Trinajstić information content (AvgIpc) is 2.51. The molecule has 2 rings (SSSR count). The second kappa shape index (κ2) is 4.23. The molecule has 1 aromatic carbocycles. The molecule has 78 valence electrons. The zero-order valence-corrected chi connectivity index (χ0v) is 10.6. The highest BCUT2D eigenvalue weighted by Crippen LogP contribution is 2.25. The minimum absolute atomic E-state index is 0.898. The van der Waals surface area contributed by atoms with Crippen molar-refractivity contribution in [3.05, 3.63) is 41.6 Å². The van der Waals surface area contributed by atoms with Crippen molar-refractivity contribution in [2.75, 3.05) is 5.33 Å². The van der Waals surface area contributed by atoms with Crippen molar-refractivity contribution in [3.63, 3.8) is 0 Å². The van der Waals surface area contributed by atoms with Crippen molar-refractivity contribution in [1.29, 1.82) is 0 Å². The van der Waals surface area contributed by atoms with Crippen LogP contribution in [-0.4, -0.2) is 9.90 Å². The molecule has 0 fully saturated rings. The van der Waals surface area contributed by atoms with Crippen molar-refractivity contribution in [2.24, 2.45) is 7.05 Å². The number of aromatic nitrogens is 1. The minimum Gasteiger partial charge on any atom is -0.347 e. The summed E-state index contributed by atoms with van der Waals surface area (Å²) in [4.78, 5) is 0. The van der Waals surface area contributed by atoms with E-state index in [0.717, 1.165) is 5.33 Å². The molecule has 0 aliphatic heterocycles. The van der Waals surface area contributed by atoms with Crippen LogP contribution in [0.25, 0.3) is 17.0 Å². The molecule has 2 aromatic rings. The van der Waals surface area contributed by atoms with Gasteiger partial charge in [0.15, 0.2) is 0 Å². The van der Waals surface area contributed by atoms with Gasteiger partial charge in [-0.3, -0.25) is 0 Å². The molecule has 0 atom stereocenters. The van der Waals surface area contributed by atoms with Crippen LogP contribution in [0, 0.1) is 6.92 Å². The summed E-state index contributed by atoms with van der Waals surface area (Å²) < 4.78 is 2.24. The van der Waals surface area contributed by atoms with E-state index in [1.165, 1.54) is 22.2 Å². The molecule has 0 unspecified atom stereocenters.